The van der Waals surface area contributed by atoms with Crippen molar-refractivity contribution < 1.29 is 4.79 Å². The second-order valence-electron chi connectivity index (χ2n) is 6.25. The van der Waals surface area contributed by atoms with E-state index in [4.69, 9.17) is 5.26 Å². The van der Waals surface area contributed by atoms with Crippen LogP contribution in [0.15, 0.2) is 30.6 Å². The van der Waals surface area contributed by atoms with Gasteiger partial charge in [0, 0.05) is 19.6 Å². The second kappa shape index (κ2) is 7.90. The van der Waals surface area contributed by atoms with Gasteiger partial charge in [-0.2, -0.15) is 10.4 Å². The molecule has 2 aromatic rings. The average molecular weight is 338 g/mol. The maximum absolute atomic E-state index is 12.3. The zero-order valence-electron chi connectivity index (χ0n) is 14.4. The molecule has 0 saturated carbocycles. The number of nitrogens with one attached hydrogen (secondary N) is 1. The quantitative estimate of drug-likeness (QED) is 0.861. The maximum atomic E-state index is 12.3. The Labute approximate surface area is 147 Å². The zero-order valence-corrected chi connectivity index (χ0v) is 14.4. The largest absolute Gasteiger partial charge is 0.352 e. The van der Waals surface area contributed by atoms with Gasteiger partial charge in [0.1, 0.15) is 12.2 Å². The van der Waals surface area contributed by atoms with E-state index < -0.39 is 0 Å². The zero-order chi connectivity index (χ0) is 17.6. The minimum absolute atomic E-state index is 0.179. The summed E-state index contributed by atoms with van der Waals surface area (Å²) in [5.41, 5.74) is 0.850. The molecule has 0 aliphatic carbocycles. The minimum Gasteiger partial charge on any atom is -0.352 e. The van der Waals surface area contributed by atoms with Crippen LogP contribution >= 0.6 is 0 Å². The van der Waals surface area contributed by atoms with Gasteiger partial charge in [-0.05, 0) is 37.9 Å². The lowest BCUT2D eigenvalue weighted by Crippen LogP contribution is -2.31. The molecule has 0 spiro atoms. The molecule has 1 aliphatic rings. The molecule has 7 nitrogen and oxygen atoms in total. The normalized spacial score (nSPS) is 17.4. The molecule has 0 unspecified atom stereocenters. The van der Waals surface area contributed by atoms with Crippen LogP contribution in [0.5, 0.6) is 0 Å². The number of nitrogens with zero attached hydrogens (tertiary/aromatic N) is 5. The third-order valence-corrected chi connectivity index (χ3v) is 4.57. The summed E-state index contributed by atoms with van der Waals surface area (Å²) in [6.07, 6.45) is 2.64. The maximum Gasteiger partial charge on any atom is 0.252 e. The SMILES string of the molecule is CCn1ncnc1CN1CC[C@H](CNC(=O)c2ccccc2C#N)C1. The first-order valence-corrected chi connectivity index (χ1v) is 8.57. The molecular weight excluding hydrogens is 316 g/mol. The van der Waals surface area contributed by atoms with Crippen LogP contribution in [-0.4, -0.2) is 45.2 Å². The lowest BCUT2D eigenvalue weighted by molar-refractivity contribution is 0.0947. The minimum atomic E-state index is -0.179. The van der Waals surface area contributed by atoms with Crippen LogP contribution in [0.1, 0.15) is 35.1 Å². The van der Waals surface area contributed by atoms with Crippen molar-refractivity contribution in [3.8, 4) is 6.07 Å². The van der Waals surface area contributed by atoms with Gasteiger partial charge in [0.05, 0.1) is 23.7 Å². The van der Waals surface area contributed by atoms with Crippen molar-refractivity contribution in [2.24, 2.45) is 5.92 Å². The predicted molar refractivity (Wildman–Crippen MR) is 92.6 cm³/mol. The van der Waals surface area contributed by atoms with Crippen LogP contribution in [0.25, 0.3) is 0 Å². The number of hydrogen-bond donors (Lipinski definition) is 1. The van der Waals surface area contributed by atoms with E-state index in [1.807, 2.05) is 4.68 Å². The van der Waals surface area contributed by atoms with Crippen molar-refractivity contribution >= 4 is 5.91 Å². The number of carbonyl (C=O) groups excluding carboxylic acids is 1. The van der Waals surface area contributed by atoms with E-state index in [9.17, 15) is 4.79 Å². The highest BCUT2D eigenvalue weighted by atomic mass is 16.1. The monoisotopic (exact) mass is 338 g/mol. The number of aromatic nitrogens is 3. The van der Waals surface area contributed by atoms with Gasteiger partial charge >= 0.3 is 0 Å². The van der Waals surface area contributed by atoms with Crippen molar-refractivity contribution in [3.05, 3.63) is 47.5 Å². The number of carbonyl (C=O) groups is 1. The average Bonchev–Trinajstić information content (AvgIpc) is 3.29. The molecule has 1 aromatic carbocycles. The number of likely N-dealkylation sites (tertiary alicyclic amines) is 1. The molecule has 130 valence electrons. The highest BCUT2D eigenvalue weighted by Gasteiger charge is 2.24. The summed E-state index contributed by atoms with van der Waals surface area (Å²) in [5, 5.41) is 16.3. The Hall–Kier alpha value is -2.72. The molecule has 0 bridgehead atoms. The van der Waals surface area contributed by atoms with Gasteiger partial charge in [0.25, 0.3) is 5.91 Å². The van der Waals surface area contributed by atoms with Crippen LogP contribution in [-0.2, 0) is 13.1 Å². The number of benzene rings is 1. The Morgan fingerprint density at radius 3 is 3.08 bits per heavy atom. The standard InChI is InChI=1S/C18H22N6O/c1-2-24-17(21-13-22-24)12-23-8-7-14(11-23)10-20-18(25)16-6-4-3-5-15(16)9-19/h3-6,13-14H,2,7-8,10-12H2,1H3,(H,20,25)/t14-/m1/s1. The fraction of sp³-hybridized carbons (Fsp3) is 0.444. The number of amides is 1. The number of nitriles is 1. The fourth-order valence-corrected chi connectivity index (χ4v) is 3.21. The van der Waals surface area contributed by atoms with Crippen LogP contribution in [0, 0.1) is 17.2 Å². The summed E-state index contributed by atoms with van der Waals surface area (Å²) in [7, 11) is 0. The molecule has 1 aliphatic heterocycles. The lowest BCUT2D eigenvalue weighted by atomic mass is 10.1. The third-order valence-electron chi connectivity index (χ3n) is 4.57. The molecule has 1 atom stereocenters. The molecule has 1 saturated heterocycles. The molecule has 2 heterocycles. The van der Waals surface area contributed by atoms with Crippen molar-refractivity contribution in [1.82, 2.24) is 25.0 Å². The van der Waals surface area contributed by atoms with Gasteiger partial charge in [0.2, 0.25) is 0 Å². The van der Waals surface area contributed by atoms with Gasteiger partial charge in [0.15, 0.2) is 0 Å². The molecule has 3 rings (SSSR count). The van der Waals surface area contributed by atoms with Crippen LogP contribution in [0.3, 0.4) is 0 Å². The van der Waals surface area contributed by atoms with E-state index in [1.165, 1.54) is 0 Å². The first kappa shape index (κ1) is 17.1. The molecule has 1 amide bonds. The smallest absolute Gasteiger partial charge is 0.252 e. The first-order chi connectivity index (χ1) is 12.2. The highest BCUT2D eigenvalue weighted by Crippen LogP contribution is 2.18. The third kappa shape index (κ3) is 4.03. The van der Waals surface area contributed by atoms with Crippen LogP contribution in [0.2, 0.25) is 0 Å². The predicted octanol–water partition coefficient (Wildman–Crippen LogP) is 1.42. The molecule has 25 heavy (non-hydrogen) atoms. The molecule has 0 radical (unpaired) electrons. The summed E-state index contributed by atoms with van der Waals surface area (Å²) in [4.78, 5) is 19.0. The summed E-state index contributed by atoms with van der Waals surface area (Å²) in [6.45, 7) is 6.20. The first-order valence-electron chi connectivity index (χ1n) is 8.57. The van der Waals surface area contributed by atoms with Gasteiger partial charge in [-0.25, -0.2) is 9.67 Å². The highest BCUT2D eigenvalue weighted by molar-refractivity contribution is 5.96. The lowest BCUT2D eigenvalue weighted by Gasteiger charge is -2.16. The summed E-state index contributed by atoms with van der Waals surface area (Å²) >= 11 is 0. The van der Waals surface area contributed by atoms with Gasteiger partial charge < -0.3 is 5.32 Å². The Kier molecular flexibility index (Phi) is 5.41. The van der Waals surface area contributed by atoms with Gasteiger partial charge in [-0.15, -0.1) is 0 Å². The Balaban J connectivity index is 1.50. The van der Waals surface area contributed by atoms with Crippen molar-refractivity contribution in [1.29, 1.82) is 5.26 Å². The summed E-state index contributed by atoms with van der Waals surface area (Å²) in [6, 6.07) is 8.95. The van der Waals surface area contributed by atoms with E-state index in [1.54, 1.807) is 30.6 Å². The molecule has 1 aromatic heterocycles. The van der Waals surface area contributed by atoms with Crippen molar-refractivity contribution in [3.63, 3.8) is 0 Å². The summed E-state index contributed by atoms with van der Waals surface area (Å²) < 4.78 is 1.91. The Bertz CT molecular complexity index is 778. The Morgan fingerprint density at radius 1 is 1.44 bits per heavy atom. The molecule has 1 fully saturated rings. The topological polar surface area (TPSA) is 86.8 Å². The van der Waals surface area contributed by atoms with Gasteiger partial charge in [-0.3, -0.25) is 9.69 Å². The van der Waals surface area contributed by atoms with Crippen LogP contribution in [0.4, 0.5) is 0 Å². The van der Waals surface area contributed by atoms with E-state index in [2.05, 4.69) is 33.3 Å². The van der Waals surface area contributed by atoms with Gasteiger partial charge in [-0.1, -0.05) is 12.1 Å². The molecular formula is C18H22N6O. The van der Waals surface area contributed by atoms with E-state index in [0.717, 1.165) is 38.4 Å². The van der Waals surface area contributed by atoms with Crippen molar-refractivity contribution in [2.75, 3.05) is 19.6 Å². The Morgan fingerprint density at radius 2 is 2.28 bits per heavy atom. The number of rotatable bonds is 6. The molecule has 1 N–H and O–H groups in total. The second-order valence-corrected chi connectivity index (χ2v) is 6.25. The van der Waals surface area contributed by atoms with E-state index in [-0.39, 0.29) is 5.91 Å². The van der Waals surface area contributed by atoms with E-state index in [0.29, 0.717) is 23.6 Å². The molecule has 7 heteroatoms. The fourth-order valence-electron chi connectivity index (χ4n) is 3.21. The summed E-state index contributed by atoms with van der Waals surface area (Å²) in [5.74, 6) is 1.22. The number of hydrogen-bond acceptors (Lipinski definition) is 5. The van der Waals surface area contributed by atoms with E-state index >= 15 is 0 Å². The van der Waals surface area contributed by atoms with Crippen LogP contribution < -0.4 is 5.32 Å². The van der Waals surface area contributed by atoms with Crippen molar-refractivity contribution in [2.45, 2.75) is 26.4 Å². The number of aryl methyl sites for hydroxylation is 1.